The van der Waals surface area contributed by atoms with Crippen molar-refractivity contribution in [2.45, 2.75) is 25.3 Å². The molecule has 0 aromatic heterocycles. The van der Waals surface area contributed by atoms with Gasteiger partial charge in [0, 0.05) is 19.7 Å². The SMILES string of the molecule is COCC(=O)N1CCC[C@@H]1Cc1ccccc1OC. The molecule has 1 aliphatic heterocycles. The van der Waals surface area contributed by atoms with Crippen LogP contribution in [0.5, 0.6) is 5.75 Å². The number of methoxy groups -OCH3 is 2. The molecule has 0 unspecified atom stereocenters. The second-order valence-electron chi connectivity index (χ2n) is 4.83. The molecule has 1 amide bonds. The minimum Gasteiger partial charge on any atom is -0.496 e. The molecule has 1 aromatic carbocycles. The van der Waals surface area contributed by atoms with E-state index in [0.717, 1.165) is 37.1 Å². The number of benzene rings is 1. The smallest absolute Gasteiger partial charge is 0.248 e. The Bertz CT molecular complexity index is 433. The zero-order chi connectivity index (χ0) is 13.7. The van der Waals surface area contributed by atoms with Crippen LogP contribution in [0, 0.1) is 0 Å². The largest absolute Gasteiger partial charge is 0.496 e. The molecule has 0 aliphatic carbocycles. The third-order valence-electron chi connectivity index (χ3n) is 3.61. The van der Waals surface area contributed by atoms with Crippen molar-refractivity contribution in [2.75, 3.05) is 27.4 Å². The molecule has 2 rings (SSSR count). The summed E-state index contributed by atoms with van der Waals surface area (Å²) in [6, 6.07) is 8.26. The van der Waals surface area contributed by atoms with Crippen LogP contribution in [-0.2, 0) is 16.0 Å². The van der Waals surface area contributed by atoms with Gasteiger partial charge in [-0.25, -0.2) is 0 Å². The van der Waals surface area contributed by atoms with Gasteiger partial charge in [-0.2, -0.15) is 0 Å². The number of carbonyl (C=O) groups is 1. The number of nitrogens with zero attached hydrogens (tertiary/aromatic N) is 1. The first-order valence-electron chi connectivity index (χ1n) is 6.66. The first kappa shape index (κ1) is 13.9. The summed E-state index contributed by atoms with van der Waals surface area (Å²) in [5, 5.41) is 0. The zero-order valence-corrected chi connectivity index (χ0v) is 11.6. The molecule has 19 heavy (non-hydrogen) atoms. The summed E-state index contributed by atoms with van der Waals surface area (Å²) in [6.07, 6.45) is 2.96. The van der Waals surface area contributed by atoms with E-state index in [4.69, 9.17) is 9.47 Å². The Kier molecular flexibility index (Phi) is 4.80. The van der Waals surface area contributed by atoms with Crippen LogP contribution in [0.3, 0.4) is 0 Å². The number of hydrogen-bond donors (Lipinski definition) is 0. The first-order chi connectivity index (χ1) is 9.26. The van der Waals surface area contributed by atoms with E-state index in [1.54, 1.807) is 14.2 Å². The quantitative estimate of drug-likeness (QED) is 0.814. The molecule has 104 valence electrons. The summed E-state index contributed by atoms with van der Waals surface area (Å²) in [6.45, 7) is 1.00. The Labute approximate surface area is 114 Å². The van der Waals surface area contributed by atoms with E-state index in [-0.39, 0.29) is 18.6 Å². The van der Waals surface area contributed by atoms with Gasteiger partial charge in [0.2, 0.25) is 5.91 Å². The van der Waals surface area contributed by atoms with Crippen molar-refractivity contribution in [3.05, 3.63) is 29.8 Å². The van der Waals surface area contributed by atoms with Crippen LogP contribution < -0.4 is 4.74 Å². The minimum absolute atomic E-state index is 0.0832. The van der Waals surface area contributed by atoms with E-state index in [1.165, 1.54) is 0 Å². The first-order valence-corrected chi connectivity index (χ1v) is 6.66. The minimum atomic E-state index is 0.0832. The van der Waals surface area contributed by atoms with E-state index in [1.807, 2.05) is 23.1 Å². The molecule has 1 atom stereocenters. The van der Waals surface area contributed by atoms with E-state index in [0.29, 0.717) is 0 Å². The van der Waals surface area contributed by atoms with Gasteiger partial charge >= 0.3 is 0 Å². The highest BCUT2D eigenvalue weighted by atomic mass is 16.5. The summed E-state index contributed by atoms with van der Waals surface area (Å²) < 4.78 is 10.3. The highest BCUT2D eigenvalue weighted by molar-refractivity contribution is 5.78. The normalized spacial score (nSPS) is 18.6. The topological polar surface area (TPSA) is 38.8 Å². The molecular formula is C15H21NO3. The Balaban J connectivity index is 2.07. The Morgan fingerprint density at radius 2 is 2.16 bits per heavy atom. The van der Waals surface area contributed by atoms with E-state index >= 15 is 0 Å². The lowest BCUT2D eigenvalue weighted by Crippen LogP contribution is -2.38. The Hall–Kier alpha value is -1.55. The summed E-state index contributed by atoms with van der Waals surface area (Å²) in [7, 11) is 3.24. The summed E-state index contributed by atoms with van der Waals surface area (Å²) in [5.74, 6) is 0.980. The summed E-state index contributed by atoms with van der Waals surface area (Å²) in [5.41, 5.74) is 1.16. The summed E-state index contributed by atoms with van der Waals surface area (Å²) in [4.78, 5) is 13.9. The average Bonchev–Trinajstić information content (AvgIpc) is 2.88. The number of hydrogen-bond acceptors (Lipinski definition) is 3. The fourth-order valence-corrected chi connectivity index (χ4v) is 2.71. The standard InChI is InChI=1S/C15H21NO3/c1-18-11-15(17)16-9-5-7-13(16)10-12-6-3-4-8-14(12)19-2/h3-4,6,8,13H,5,7,9-11H2,1-2H3/t13-/m1/s1. The van der Waals surface area contributed by atoms with Crippen LogP contribution in [0.1, 0.15) is 18.4 Å². The number of para-hydroxylation sites is 1. The predicted molar refractivity (Wildman–Crippen MR) is 73.3 cm³/mol. The van der Waals surface area contributed by atoms with Gasteiger partial charge in [-0.3, -0.25) is 4.79 Å². The van der Waals surface area contributed by atoms with Gasteiger partial charge in [-0.1, -0.05) is 18.2 Å². The van der Waals surface area contributed by atoms with Crippen molar-refractivity contribution in [2.24, 2.45) is 0 Å². The van der Waals surface area contributed by atoms with Gasteiger partial charge in [0.05, 0.1) is 7.11 Å². The van der Waals surface area contributed by atoms with Crippen LogP contribution in [0.25, 0.3) is 0 Å². The van der Waals surface area contributed by atoms with Crippen LogP contribution in [0.15, 0.2) is 24.3 Å². The van der Waals surface area contributed by atoms with Gasteiger partial charge < -0.3 is 14.4 Å². The highest BCUT2D eigenvalue weighted by Gasteiger charge is 2.29. The zero-order valence-electron chi connectivity index (χ0n) is 11.6. The molecule has 0 N–H and O–H groups in total. The number of amides is 1. The average molecular weight is 263 g/mol. The maximum atomic E-state index is 12.0. The van der Waals surface area contributed by atoms with E-state index < -0.39 is 0 Å². The fraction of sp³-hybridized carbons (Fsp3) is 0.533. The third-order valence-corrected chi connectivity index (χ3v) is 3.61. The number of likely N-dealkylation sites (tertiary alicyclic amines) is 1. The molecule has 1 aliphatic rings. The van der Waals surface area contributed by atoms with Crippen LogP contribution in [-0.4, -0.2) is 44.2 Å². The van der Waals surface area contributed by atoms with E-state index in [2.05, 4.69) is 6.07 Å². The molecule has 4 nitrogen and oxygen atoms in total. The van der Waals surface area contributed by atoms with Crippen LogP contribution >= 0.6 is 0 Å². The lowest BCUT2D eigenvalue weighted by molar-refractivity contribution is -0.135. The van der Waals surface area contributed by atoms with Crippen molar-refractivity contribution in [3.8, 4) is 5.75 Å². The molecule has 4 heteroatoms. The predicted octanol–water partition coefficient (Wildman–Crippen LogP) is 1.88. The lowest BCUT2D eigenvalue weighted by atomic mass is 10.0. The Morgan fingerprint density at radius 1 is 1.37 bits per heavy atom. The molecule has 0 saturated carbocycles. The van der Waals surface area contributed by atoms with Crippen molar-refractivity contribution < 1.29 is 14.3 Å². The van der Waals surface area contributed by atoms with Crippen LogP contribution in [0.4, 0.5) is 0 Å². The van der Waals surface area contributed by atoms with Gasteiger partial charge in [0.1, 0.15) is 12.4 Å². The Morgan fingerprint density at radius 3 is 2.89 bits per heavy atom. The van der Waals surface area contributed by atoms with Crippen molar-refractivity contribution in [1.29, 1.82) is 0 Å². The van der Waals surface area contributed by atoms with Crippen molar-refractivity contribution in [3.63, 3.8) is 0 Å². The maximum Gasteiger partial charge on any atom is 0.248 e. The molecule has 0 radical (unpaired) electrons. The fourth-order valence-electron chi connectivity index (χ4n) is 2.71. The summed E-state index contributed by atoms with van der Waals surface area (Å²) >= 11 is 0. The second-order valence-corrected chi connectivity index (χ2v) is 4.83. The van der Waals surface area contributed by atoms with Gasteiger partial charge in [0.15, 0.2) is 0 Å². The monoisotopic (exact) mass is 263 g/mol. The molecule has 0 spiro atoms. The molecule has 1 heterocycles. The van der Waals surface area contributed by atoms with Gasteiger partial charge in [-0.15, -0.1) is 0 Å². The third kappa shape index (κ3) is 3.26. The van der Waals surface area contributed by atoms with E-state index in [9.17, 15) is 4.79 Å². The van der Waals surface area contributed by atoms with Gasteiger partial charge in [0.25, 0.3) is 0 Å². The molecule has 1 saturated heterocycles. The second kappa shape index (κ2) is 6.57. The number of ether oxygens (including phenoxy) is 2. The highest BCUT2D eigenvalue weighted by Crippen LogP contribution is 2.26. The van der Waals surface area contributed by atoms with Gasteiger partial charge in [-0.05, 0) is 30.9 Å². The molecule has 0 bridgehead atoms. The molecule has 1 fully saturated rings. The lowest BCUT2D eigenvalue weighted by Gasteiger charge is -2.25. The number of rotatable bonds is 5. The van der Waals surface area contributed by atoms with Crippen molar-refractivity contribution >= 4 is 5.91 Å². The molecular weight excluding hydrogens is 242 g/mol. The maximum absolute atomic E-state index is 12.0. The van der Waals surface area contributed by atoms with Crippen LogP contribution in [0.2, 0.25) is 0 Å². The number of carbonyl (C=O) groups excluding carboxylic acids is 1. The molecule has 1 aromatic rings. The van der Waals surface area contributed by atoms with Crippen molar-refractivity contribution in [1.82, 2.24) is 4.90 Å².